The molecule has 2 aromatic rings. The van der Waals surface area contributed by atoms with Gasteiger partial charge in [-0.2, -0.15) is 13.2 Å². The third-order valence-electron chi connectivity index (χ3n) is 2.87. The highest BCUT2D eigenvalue weighted by molar-refractivity contribution is 6.48. The summed E-state index contributed by atoms with van der Waals surface area (Å²) in [4.78, 5) is 0. The SMILES string of the molecule is FC(F)(F)c1ccc(-c2cc(Cl)c(Cl)c(Cl)c2)cc1CCl. The first-order valence-electron chi connectivity index (χ1n) is 5.65. The predicted molar refractivity (Wildman–Crippen MR) is 81.5 cm³/mol. The Bertz CT molecular complexity index is 657. The lowest BCUT2D eigenvalue weighted by atomic mass is 9.99. The Morgan fingerprint density at radius 1 is 0.857 bits per heavy atom. The fourth-order valence-electron chi connectivity index (χ4n) is 1.88. The van der Waals surface area contributed by atoms with Crippen LogP contribution in [0.4, 0.5) is 13.2 Å². The Balaban J connectivity index is 2.56. The molecule has 0 aromatic heterocycles. The Kier molecular flexibility index (Phi) is 4.99. The van der Waals surface area contributed by atoms with Crippen LogP contribution in [0.15, 0.2) is 30.3 Å². The molecule has 0 fully saturated rings. The average Bonchev–Trinajstić information content (AvgIpc) is 2.42. The number of rotatable bonds is 2. The summed E-state index contributed by atoms with van der Waals surface area (Å²) in [6.07, 6.45) is -4.45. The Morgan fingerprint density at radius 3 is 1.90 bits per heavy atom. The Morgan fingerprint density at radius 2 is 1.43 bits per heavy atom. The third-order valence-corrected chi connectivity index (χ3v) is 4.36. The van der Waals surface area contributed by atoms with Gasteiger partial charge in [-0.3, -0.25) is 0 Å². The zero-order valence-corrected chi connectivity index (χ0v) is 13.3. The third kappa shape index (κ3) is 3.59. The number of hydrogen-bond donors (Lipinski definition) is 0. The minimum absolute atomic E-state index is 0.0103. The summed E-state index contributed by atoms with van der Waals surface area (Å²) in [5.41, 5.74) is 0.324. The molecule has 0 aliphatic rings. The van der Waals surface area contributed by atoms with Crippen molar-refractivity contribution in [2.45, 2.75) is 12.1 Å². The zero-order chi connectivity index (χ0) is 15.8. The molecule has 112 valence electrons. The molecule has 2 aromatic carbocycles. The monoisotopic (exact) mass is 372 g/mol. The van der Waals surface area contributed by atoms with Crippen molar-refractivity contribution in [1.82, 2.24) is 0 Å². The van der Waals surface area contributed by atoms with Crippen molar-refractivity contribution in [2.24, 2.45) is 0 Å². The summed E-state index contributed by atoms with van der Waals surface area (Å²) >= 11 is 23.3. The highest BCUT2D eigenvalue weighted by atomic mass is 35.5. The molecule has 0 spiro atoms. The molecule has 2 rings (SSSR count). The van der Waals surface area contributed by atoms with Gasteiger partial charge in [-0.05, 0) is 41.0 Å². The van der Waals surface area contributed by atoms with Gasteiger partial charge in [-0.25, -0.2) is 0 Å². The average molecular weight is 374 g/mol. The van der Waals surface area contributed by atoms with E-state index in [1.165, 1.54) is 24.3 Å². The van der Waals surface area contributed by atoms with Gasteiger partial charge in [0, 0.05) is 5.88 Å². The van der Waals surface area contributed by atoms with Gasteiger partial charge in [0.25, 0.3) is 0 Å². The van der Waals surface area contributed by atoms with E-state index in [1.807, 2.05) is 0 Å². The topological polar surface area (TPSA) is 0 Å². The van der Waals surface area contributed by atoms with Crippen molar-refractivity contribution in [3.05, 3.63) is 56.5 Å². The number of alkyl halides is 4. The molecule has 21 heavy (non-hydrogen) atoms. The van der Waals surface area contributed by atoms with Crippen LogP contribution in [0, 0.1) is 0 Å². The molecule has 0 saturated carbocycles. The zero-order valence-electron chi connectivity index (χ0n) is 10.2. The lowest BCUT2D eigenvalue weighted by Crippen LogP contribution is -2.08. The van der Waals surface area contributed by atoms with Gasteiger partial charge < -0.3 is 0 Å². The van der Waals surface area contributed by atoms with Gasteiger partial charge >= 0.3 is 6.18 Å². The second-order valence-electron chi connectivity index (χ2n) is 4.26. The van der Waals surface area contributed by atoms with Crippen LogP contribution >= 0.6 is 46.4 Å². The molecule has 0 bridgehead atoms. The highest BCUT2D eigenvalue weighted by Gasteiger charge is 2.33. The van der Waals surface area contributed by atoms with E-state index in [4.69, 9.17) is 46.4 Å². The Labute approximate surface area is 139 Å². The molecule has 7 heteroatoms. The van der Waals surface area contributed by atoms with Gasteiger partial charge in [0.15, 0.2) is 0 Å². The van der Waals surface area contributed by atoms with Crippen molar-refractivity contribution >= 4 is 46.4 Å². The summed E-state index contributed by atoms with van der Waals surface area (Å²) in [6, 6.07) is 6.77. The number of benzene rings is 2. The van der Waals surface area contributed by atoms with Gasteiger partial charge in [0.2, 0.25) is 0 Å². The first-order valence-corrected chi connectivity index (χ1v) is 7.32. The number of hydrogen-bond acceptors (Lipinski definition) is 0. The second-order valence-corrected chi connectivity index (χ2v) is 5.72. The van der Waals surface area contributed by atoms with Crippen LogP contribution in [0.2, 0.25) is 15.1 Å². The van der Waals surface area contributed by atoms with Crippen LogP contribution in [0.1, 0.15) is 11.1 Å². The van der Waals surface area contributed by atoms with E-state index in [0.717, 1.165) is 6.07 Å². The van der Waals surface area contributed by atoms with Crippen LogP contribution in [0.5, 0.6) is 0 Å². The fraction of sp³-hybridized carbons (Fsp3) is 0.143. The van der Waals surface area contributed by atoms with Crippen LogP contribution in [0.25, 0.3) is 11.1 Å². The van der Waals surface area contributed by atoms with E-state index in [2.05, 4.69) is 0 Å². The summed E-state index contributed by atoms with van der Waals surface area (Å²) in [5.74, 6) is -0.252. The van der Waals surface area contributed by atoms with Gasteiger partial charge in [-0.1, -0.05) is 40.9 Å². The molecular weight excluding hydrogens is 367 g/mol. The van der Waals surface area contributed by atoms with Crippen LogP contribution in [0.3, 0.4) is 0 Å². The van der Waals surface area contributed by atoms with E-state index in [1.54, 1.807) is 0 Å². The van der Waals surface area contributed by atoms with Crippen LogP contribution < -0.4 is 0 Å². The fourth-order valence-corrected chi connectivity index (χ4v) is 2.70. The molecule has 0 nitrogen and oxygen atoms in total. The molecule has 0 aliphatic heterocycles. The molecule has 0 heterocycles. The first-order chi connectivity index (χ1) is 9.74. The second kappa shape index (κ2) is 6.25. The standard InChI is InChI=1S/C14H7Cl4F3/c15-6-9-3-7(1-2-10(9)14(19,20)21)8-4-11(16)13(18)12(17)5-8/h1-5H,6H2. The molecule has 0 N–H and O–H groups in total. The minimum atomic E-state index is -4.45. The van der Waals surface area contributed by atoms with Crippen LogP contribution in [-0.4, -0.2) is 0 Å². The van der Waals surface area contributed by atoms with E-state index < -0.39 is 11.7 Å². The minimum Gasteiger partial charge on any atom is -0.166 e. The van der Waals surface area contributed by atoms with Crippen LogP contribution in [-0.2, 0) is 12.1 Å². The van der Waals surface area contributed by atoms with Crippen molar-refractivity contribution in [2.75, 3.05) is 0 Å². The van der Waals surface area contributed by atoms with E-state index in [0.29, 0.717) is 11.1 Å². The van der Waals surface area contributed by atoms with E-state index in [9.17, 15) is 13.2 Å². The molecule has 0 radical (unpaired) electrons. The maximum absolute atomic E-state index is 12.8. The molecule has 0 aliphatic carbocycles. The molecule has 0 atom stereocenters. The van der Waals surface area contributed by atoms with E-state index in [-0.39, 0.29) is 26.5 Å². The van der Waals surface area contributed by atoms with Gasteiger partial charge in [0.05, 0.1) is 20.6 Å². The molecule has 0 saturated heterocycles. The van der Waals surface area contributed by atoms with Crippen molar-refractivity contribution in [3.8, 4) is 11.1 Å². The normalized spacial score (nSPS) is 11.8. The summed E-state index contributed by atoms with van der Waals surface area (Å²) in [7, 11) is 0. The quantitative estimate of drug-likeness (QED) is 0.390. The van der Waals surface area contributed by atoms with Crippen molar-refractivity contribution in [3.63, 3.8) is 0 Å². The van der Waals surface area contributed by atoms with Crippen molar-refractivity contribution in [1.29, 1.82) is 0 Å². The Hall–Kier alpha value is -0.610. The largest absolute Gasteiger partial charge is 0.416 e. The molecule has 0 unspecified atom stereocenters. The smallest absolute Gasteiger partial charge is 0.166 e. The lowest BCUT2D eigenvalue weighted by Gasteiger charge is -2.13. The van der Waals surface area contributed by atoms with Crippen molar-refractivity contribution < 1.29 is 13.2 Å². The number of halogens is 7. The van der Waals surface area contributed by atoms with E-state index >= 15 is 0 Å². The first kappa shape index (κ1) is 16.8. The maximum Gasteiger partial charge on any atom is 0.416 e. The molecule has 0 amide bonds. The summed E-state index contributed by atoms with van der Waals surface area (Å²) in [6.45, 7) is 0. The maximum atomic E-state index is 12.8. The highest BCUT2D eigenvalue weighted by Crippen LogP contribution is 2.38. The predicted octanol–water partition coefficient (Wildman–Crippen LogP) is 7.07. The molecular formula is C14H7Cl4F3. The lowest BCUT2D eigenvalue weighted by molar-refractivity contribution is -0.138. The van der Waals surface area contributed by atoms with Gasteiger partial charge in [0.1, 0.15) is 0 Å². The summed E-state index contributed by atoms with van der Waals surface area (Å²) < 4.78 is 38.5. The summed E-state index contributed by atoms with van der Waals surface area (Å²) in [5, 5.41) is 0.657. The van der Waals surface area contributed by atoms with Gasteiger partial charge in [-0.15, -0.1) is 11.6 Å².